The predicted octanol–water partition coefficient (Wildman–Crippen LogP) is 4.42. The lowest BCUT2D eigenvalue weighted by Crippen LogP contribution is -2.26. The molecular weight excluding hydrogens is 419 g/mol. The number of carbonyl (C=O) groups excluding carboxylic acids is 1. The average molecular weight is 436 g/mol. The van der Waals surface area contributed by atoms with Crippen LogP contribution in [0.4, 0.5) is 18.9 Å². The van der Waals surface area contributed by atoms with Crippen LogP contribution in [0.2, 0.25) is 5.15 Å². The summed E-state index contributed by atoms with van der Waals surface area (Å²) in [7, 11) is 0. The van der Waals surface area contributed by atoms with Crippen LogP contribution in [-0.4, -0.2) is 28.4 Å². The molecule has 1 heterocycles. The van der Waals surface area contributed by atoms with E-state index in [1.165, 1.54) is 18.3 Å². The molecule has 156 valence electrons. The fraction of sp³-hybridized carbons (Fsp3) is 0.150. The third-order valence-corrected chi connectivity index (χ3v) is 4.44. The Labute approximate surface area is 175 Å². The normalized spacial score (nSPS) is 11.6. The van der Waals surface area contributed by atoms with E-state index >= 15 is 0 Å². The number of hydrogen-bond donors (Lipinski definition) is 2. The van der Waals surface area contributed by atoms with E-state index in [9.17, 15) is 18.0 Å². The molecule has 1 amide bonds. The monoisotopic (exact) mass is 435 g/mol. The number of carbonyl (C=O) groups is 1. The number of halogens is 4. The molecule has 6 nitrogen and oxygen atoms in total. The van der Waals surface area contributed by atoms with Crippen LogP contribution in [-0.2, 0) is 11.0 Å². The van der Waals surface area contributed by atoms with E-state index in [0.29, 0.717) is 16.4 Å². The highest BCUT2D eigenvalue weighted by atomic mass is 35.5. The van der Waals surface area contributed by atoms with Gasteiger partial charge in [-0.15, -0.1) is 0 Å². The van der Waals surface area contributed by atoms with Gasteiger partial charge >= 0.3 is 6.18 Å². The van der Waals surface area contributed by atoms with Crippen LogP contribution in [0.25, 0.3) is 5.69 Å². The molecule has 0 saturated heterocycles. The van der Waals surface area contributed by atoms with Gasteiger partial charge in [-0.25, -0.2) is 10.1 Å². The molecule has 10 heteroatoms. The van der Waals surface area contributed by atoms with Crippen LogP contribution in [0.5, 0.6) is 0 Å². The van der Waals surface area contributed by atoms with Crippen molar-refractivity contribution in [2.45, 2.75) is 13.1 Å². The number of hydrogen-bond acceptors (Lipinski definition) is 4. The Bertz CT molecular complexity index is 1060. The van der Waals surface area contributed by atoms with E-state index < -0.39 is 17.6 Å². The summed E-state index contributed by atoms with van der Waals surface area (Å²) in [5, 5.41) is 11.2. The summed E-state index contributed by atoms with van der Waals surface area (Å²) in [6, 6.07) is 13.9. The molecule has 3 aromatic rings. The topological polar surface area (TPSA) is 71.3 Å². The molecule has 30 heavy (non-hydrogen) atoms. The van der Waals surface area contributed by atoms with Gasteiger partial charge < -0.3 is 5.32 Å². The lowest BCUT2D eigenvalue weighted by molar-refractivity contribution is -0.137. The van der Waals surface area contributed by atoms with Crippen LogP contribution in [0.1, 0.15) is 16.8 Å². The molecular formula is C20H17ClF3N5O. The van der Waals surface area contributed by atoms with E-state index in [4.69, 9.17) is 11.6 Å². The summed E-state index contributed by atoms with van der Waals surface area (Å²) < 4.78 is 39.7. The lowest BCUT2D eigenvalue weighted by atomic mass is 10.2. The maximum absolute atomic E-state index is 12.7. The average Bonchev–Trinajstić information content (AvgIpc) is 3.01. The van der Waals surface area contributed by atoms with Crippen molar-refractivity contribution in [3.63, 3.8) is 0 Å². The maximum Gasteiger partial charge on any atom is 0.416 e. The smallest absolute Gasteiger partial charge is 0.376 e. The van der Waals surface area contributed by atoms with Crippen molar-refractivity contribution in [2.24, 2.45) is 5.10 Å². The highest BCUT2D eigenvalue weighted by Gasteiger charge is 2.30. The summed E-state index contributed by atoms with van der Waals surface area (Å²) in [5.41, 5.74) is 3.60. The highest BCUT2D eigenvalue weighted by Crippen LogP contribution is 2.30. The summed E-state index contributed by atoms with van der Waals surface area (Å²) in [4.78, 5) is 11.9. The Balaban J connectivity index is 1.60. The number of aryl methyl sites for hydroxylation is 1. The summed E-state index contributed by atoms with van der Waals surface area (Å²) >= 11 is 6.36. The number of nitrogens with one attached hydrogen (secondary N) is 2. The van der Waals surface area contributed by atoms with Crippen molar-refractivity contribution in [3.05, 3.63) is 76.6 Å². The van der Waals surface area contributed by atoms with E-state index in [-0.39, 0.29) is 12.2 Å². The Hall–Kier alpha value is -3.33. The second-order valence-electron chi connectivity index (χ2n) is 6.26. The number of anilines is 1. The van der Waals surface area contributed by atoms with Crippen LogP contribution < -0.4 is 10.7 Å². The lowest BCUT2D eigenvalue weighted by Gasteiger charge is -2.10. The van der Waals surface area contributed by atoms with E-state index in [1.54, 1.807) is 11.6 Å². The minimum Gasteiger partial charge on any atom is -0.376 e. The first-order valence-electron chi connectivity index (χ1n) is 8.79. The number of para-hydroxylation sites is 1. The van der Waals surface area contributed by atoms with Gasteiger partial charge in [-0.05, 0) is 37.3 Å². The van der Waals surface area contributed by atoms with Crippen LogP contribution in [0.3, 0.4) is 0 Å². The molecule has 0 spiro atoms. The number of hydrazone groups is 1. The summed E-state index contributed by atoms with van der Waals surface area (Å²) in [6.07, 6.45) is -3.09. The zero-order valence-corrected chi connectivity index (χ0v) is 16.5. The second-order valence-corrected chi connectivity index (χ2v) is 6.62. The first kappa shape index (κ1) is 21.4. The van der Waals surface area contributed by atoms with E-state index in [0.717, 1.165) is 17.8 Å². The minimum atomic E-state index is -4.45. The molecule has 0 aliphatic carbocycles. The first-order valence-corrected chi connectivity index (χ1v) is 9.17. The van der Waals surface area contributed by atoms with Gasteiger partial charge in [-0.1, -0.05) is 35.9 Å². The fourth-order valence-electron chi connectivity index (χ4n) is 2.59. The van der Waals surface area contributed by atoms with E-state index in [2.05, 4.69) is 20.9 Å². The van der Waals surface area contributed by atoms with Gasteiger partial charge in [0.15, 0.2) is 0 Å². The molecule has 2 N–H and O–H groups in total. The third-order valence-electron chi connectivity index (χ3n) is 4.07. The molecule has 0 atom stereocenters. The molecule has 1 aromatic heterocycles. The molecule has 3 rings (SSSR count). The van der Waals surface area contributed by atoms with Crippen LogP contribution in [0.15, 0.2) is 59.7 Å². The van der Waals surface area contributed by atoms with Crippen LogP contribution >= 0.6 is 11.6 Å². The van der Waals surface area contributed by atoms with Crippen molar-refractivity contribution in [3.8, 4) is 5.69 Å². The number of nitrogens with zero attached hydrogens (tertiary/aromatic N) is 3. The molecule has 0 fully saturated rings. The molecule has 0 unspecified atom stereocenters. The number of alkyl halides is 3. The Morgan fingerprint density at radius 1 is 1.20 bits per heavy atom. The van der Waals surface area contributed by atoms with E-state index in [1.807, 2.05) is 30.3 Å². The largest absolute Gasteiger partial charge is 0.416 e. The van der Waals surface area contributed by atoms with Crippen molar-refractivity contribution < 1.29 is 18.0 Å². The molecule has 0 aliphatic heterocycles. The Kier molecular flexibility index (Phi) is 6.41. The SMILES string of the molecule is Cc1nn(-c2ccccc2)c(Cl)c1/C=N/NC(=O)CNc1cccc(C(F)(F)F)c1. The number of benzene rings is 2. The summed E-state index contributed by atoms with van der Waals surface area (Å²) in [5.74, 6) is -0.534. The standard InChI is InChI=1S/C20H17ClF3N5O/c1-13-17(19(21)29(28-13)16-8-3-2-4-9-16)11-26-27-18(30)12-25-15-7-5-6-14(10-15)20(22,23)24/h2-11,25H,12H2,1H3,(H,27,30)/b26-11+. The zero-order chi connectivity index (χ0) is 21.7. The first-order chi connectivity index (χ1) is 14.3. The molecule has 0 aliphatic rings. The van der Waals surface area contributed by atoms with Gasteiger partial charge in [-0.2, -0.15) is 23.4 Å². The molecule has 0 bridgehead atoms. The van der Waals surface area contributed by atoms with Gasteiger partial charge in [0, 0.05) is 5.69 Å². The maximum atomic E-state index is 12.7. The highest BCUT2D eigenvalue weighted by molar-refractivity contribution is 6.32. The number of aromatic nitrogens is 2. The van der Waals surface area contributed by atoms with Gasteiger partial charge in [0.25, 0.3) is 5.91 Å². The fourth-order valence-corrected chi connectivity index (χ4v) is 2.92. The predicted molar refractivity (Wildman–Crippen MR) is 109 cm³/mol. The van der Waals surface area contributed by atoms with Gasteiger partial charge in [-0.3, -0.25) is 4.79 Å². The molecule has 2 aromatic carbocycles. The summed E-state index contributed by atoms with van der Waals surface area (Å²) in [6.45, 7) is 1.50. The minimum absolute atomic E-state index is 0.173. The quantitative estimate of drug-likeness (QED) is 0.445. The Morgan fingerprint density at radius 3 is 2.63 bits per heavy atom. The van der Waals surface area contributed by atoms with Crippen molar-refractivity contribution >= 4 is 29.4 Å². The Morgan fingerprint density at radius 2 is 1.93 bits per heavy atom. The van der Waals surface area contributed by atoms with Crippen molar-refractivity contribution in [1.29, 1.82) is 0 Å². The van der Waals surface area contributed by atoms with Gasteiger partial charge in [0.05, 0.1) is 35.3 Å². The molecule has 0 saturated carbocycles. The van der Waals surface area contributed by atoms with Crippen molar-refractivity contribution in [2.75, 3.05) is 11.9 Å². The third kappa shape index (κ3) is 5.18. The molecule has 0 radical (unpaired) electrons. The second kappa shape index (κ2) is 9.00. The number of rotatable bonds is 6. The van der Waals surface area contributed by atoms with Gasteiger partial charge in [0.2, 0.25) is 0 Å². The van der Waals surface area contributed by atoms with Gasteiger partial charge in [0.1, 0.15) is 5.15 Å². The van der Waals surface area contributed by atoms with Crippen molar-refractivity contribution in [1.82, 2.24) is 15.2 Å². The number of amides is 1. The zero-order valence-electron chi connectivity index (χ0n) is 15.7. The van der Waals surface area contributed by atoms with Crippen LogP contribution in [0, 0.1) is 6.92 Å².